The van der Waals surface area contributed by atoms with Crippen molar-refractivity contribution < 1.29 is 9.66 Å². The number of hydrogen-bond donors (Lipinski definition) is 1. The second kappa shape index (κ2) is 3.35. The molecule has 0 aromatic carbocycles. The number of nitrogens with zero attached hydrogens (tertiary/aromatic N) is 1. The Morgan fingerprint density at radius 1 is 1.85 bits per heavy atom. The average molecular weight is 205 g/mol. The fraction of sp³-hybridized carbons (Fsp3) is 0.429. The van der Waals surface area contributed by atoms with Gasteiger partial charge in [-0.2, -0.15) is 0 Å². The summed E-state index contributed by atoms with van der Waals surface area (Å²) in [6, 6.07) is -1.15. The standard InChI is InChI=1S/C7H9ClN2O3/c1-13-7(8)3-2-5(9)4-6(7)10(11)12/h2-4,6H,9H2,1H3. The Kier molecular flexibility index (Phi) is 2.58. The zero-order valence-corrected chi connectivity index (χ0v) is 7.69. The maximum absolute atomic E-state index is 10.6. The second-order valence-corrected chi connectivity index (χ2v) is 3.22. The summed E-state index contributed by atoms with van der Waals surface area (Å²) in [5, 5.41) is 9.16. The molecular formula is C7H9ClN2O3. The van der Waals surface area contributed by atoms with Crippen LogP contribution in [-0.4, -0.2) is 23.1 Å². The van der Waals surface area contributed by atoms with Gasteiger partial charge in [0.05, 0.1) is 0 Å². The molecule has 2 N–H and O–H groups in total. The summed E-state index contributed by atoms with van der Waals surface area (Å²) in [6.07, 6.45) is 4.12. The van der Waals surface area contributed by atoms with Crippen LogP contribution in [0.3, 0.4) is 0 Å². The molecule has 0 aromatic heterocycles. The topological polar surface area (TPSA) is 78.4 Å². The molecule has 0 heterocycles. The van der Waals surface area contributed by atoms with Crippen molar-refractivity contribution in [3.05, 3.63) is 34.0 Å². The lowest BCUT2D eigenvalue weighted by Gasteiger charge is -2.25. The monoisotopic (exact) mass is 204 g/mol. The minimum absolute atomic E-state index is 0.315. The Balaban J connectivity index is 3.01. The van der Waals surface area contributed by atoms with Crippen LogP contribution in [0.15, 0.2) is 23.9 Å². The third-order valence-corrected chi connectivity index (χ3v) is 2.30. The van der Waals surface area contributed by atoms with E-state index in [0.717, 1.165) is 0 Å². The Morgan fingerprint density at radius 3 is 2.92 bits per heavy atom. The van der Waals surface area contributed by atoms with Crippen LogP contribution >= 0.6 is 11.6 Å². The minimum Gasteiger partial charge on any atom is -0.399 e. The molecule has 0 saturated carbocycles. The molecule has 1 aliphatic rings. The fourth-order valence-electron chi connectivity index (χ4n) is 1.05. The van der Waals surface area contributed by atoms with Crippen molar-refractivity contribution in [1.82, 2.24) is 0 Å². The second-order valence-electron chi connectivity index (χ2n) is 2.63. The van der Waals surface area contributed by atoms with E-state index in [2.05, 4.69) is 0 Å². The van der Waals surface area contributed by atoms with E-state index in [1.165, 1.54) is 25.3 Å². The first-order valence-electron chi connectivity index (χ1n) is 3.53. The fourth-order valence-corrected chi connectivity index (χ4v) is 1.26. The molecular weight excluding hydrogens is 196 g/mol. The first-order chi connectivity index (χ1) is 5.99. The van der Waals surface area contributed by atoms with E-state index >= 15 is 0 Å². The highest BCUT2D eigenvalue weighted by Gasteiger charge is 2.44. The average Bonchev–Trinajstić information content (AvgIpc) is 2.09. The number of rotatable bonds is 2. The predicted molar refractivity (Wildman–Crippen MR) is 47.8 cm³/mol. The molecule has 0 aliphatic heterocycles. The predicted octanol–water partition coefficient (Wildman–Crippen LogP) is 0.626. The number of nitrogens with two attached hydrogens (primary N) is 1. The van der Waals surface area contributed by atoms with Gasteiger partial charge in [-0.3, -0.25) is 10.1 Å². The molecule has 1 aliphatic carbocycles. The van der Waals surface area contributed by atoms with Gasteiger partial charge in [-0.15, -0.1) is 0 Å². The molecule has 0 bridgehead atoms. The minimum atomic E-state index is -1.42. The van der Waals surface area contributed by atoms with Gasteiger partial charge in [0, 0.05) is 23.8 Å². The summed E-state index contributed by atoms with van der Waals surface area (Å²) in [5.74, 6) is 0. The van der Waals surface area contributed by atoms with Gasteiger partial charge in [0.1, 0.15) is 0 Å². The van der Waals surface area contributed by atoms with Crippen LogP contribution in [0.1, 0.15) is 0 Å². The molecule has 2 atom stereocenters. The summed E-state index contributed by atoms with van der Waals surface area (Å²) in [5.41, 5.74) is 5.71. The van der Waals surface area contributed by atoms with Gasteiger partial charge in [-0.25, -0.2) is 0 Å². The van der Waals surface area contributed by atoms with Crippen LogP contribution < -0.4 is 5.73 Å². The number of nitro groups is 1. The van der Waals surface area contributed by atoms with Crippen LogP contribution in [0, 0.1) is 10.1 Å². The van der Waals surface area contributed by atoms with Crippen LogP contribution in [0.2, 0.25) is 0 Å². The summed E-state index contributed by atoms with van der Waals surface area (Å²) in [6.45, 7) is 0. The van der Waals surface area contributed by atoms with Crippen LogP contribution in [-0.2, 0) is 4.74 Å². The van der Waals surface area contributed by atoms with E-state index in [0.29, 0.717) is 5.70 Å². The number of hydrogen-bond acceptors (Lipinski definition) is 4. The van der Waals surface area contributed by atoms with Gasteiger partial charge < -0.3 is 10.5 Å². The van der Waals surface area contributed by atoms with E-state index in [9.17, 15) is 10.1 Å². The highest BCUT2D eigenvalue weighted by Crippen LogP contribution is 2.29. The number of halogens is 1. The maximum atomic E-state index is 10.6. The Bertz CT molecular complexity index is 289. The highest BCUT2D eigenvalue weighted by atomic mass is 35.5. The summed E-state index contributed by atoms with van der Waals surface area (Å²) >= 11 is 5.84. The van der Waals surface area contributed by atoms with E-state index in [1.54, 1.807) is 0 Å². The zero-order chi connectivity index (χ0) is 10.1. The van der Waals surface area contributed by atoms with Crippen molar-refractivity contribution in [2.75, 3.05) is 7.11 Å². The van der Waals surface area contributed by atoms with Crippen LogP contribution in [0.5, 0.6) is 0 Å². The first-order valence-corrected chi connectivity index (χ1v) is 3.91. The molecule has 72 valence electrons. The normalized spacial score (nSPS) is 32.8. The van der Waals surface area contributed by atoms with E-state index in [-0.39, 0.29) is 0 Å². The first kappa shape index (κ1) is 10.0. The Hall–Kier alpha value is -1.07. The van der Waals surface area contributed by atoms with Crippen molar-refractivity contribution in [2.45, 2.75) is 11.1 Å². The summed E-state index contributed by atoms with van der Waals surface area (Å²) in [7, 11) is 1.31. The molecule has 2 unspecified atom stereocenters. The quantitative estimate of drug-likeness (QED) is 0.407. The molecule has 0 aromatic rings. The maximum Gasteiger partial charge on any atom is 0.279 e. The van der Waals surface area contributed by atoms with Crippen LogP contribution in [0.4, 0.5) is 0 Å². The third kappa shape index (κ3) is 1.81. The van der Waals surface area contributed by atoms with Gasteiger partial charge in [0.15, 0.2) is 0 Å². The molecule has 1 rings (SSSR count). The van der Waals surface area contributed by atoms with E-state index in [4.69, 9.17) is 22.1 Å². The molecule has 0 radical (unpaired) electrons. The van der Waals surface area contributed by atoms with Gasteiger partial charge in [-0.05, 0) is 12.2 Å². The van der Waals surface area contributed by atoms with E-state index in [1.807, 2.05) is 0 Å². The van der Waals surface area contributed by atoms with Gasteiger partial charge >= 0.3 is 0 Å². The number of methoxy groups -OCH3 is 1. The molecule has 0 saturated heterocycles. The van der Waals surface area contributed by atoms with Gasteiger partial charge in [-0.1, -0.05) is 11.6 Å². The molecule has 13 heavy (non-hydrogen) atoms. The molecule has 5 nitrogen and oxygen atoms in total. The molecule has 6 heteroatoms. The lowest BCUT2D eigenvalue weighted by atomic mass is 10.0. The zero-order valence-electron chi connectivity index (χ0n) is 6.94. The molecule has 0 fully saturated rings. The molecule has 0 amide bonds. The lowest BCUT2D eigenvalue weighted by molar-refractivity contribution is -0.523. The highest BCUT2D eigenvalue weighted by molar-refractivity contribution is 6.25. The van der Waals surface area contributed by atoms with Crippen molar-refractivity contribution in [3.63, 3.8) is 0 Å². The lowest BCUT2D eigenvalue weighted by Crippen LogP contribution is -2.43. The molecule has 0 spiro atoms. The smallest absolute Gasteiger partial charge is 0.279 e. The SMILES string of the molecule is COC1(Cl)C=CC(N)=CC1[N+](=O)[O-]. The third-order valence-electron chi connectivity index (χ3n) is 1.80. The Labute approximate surface area is 80.0 Å². The van der Waals surface area contributed by atoms with Crippen molar-refractivity contribution >= 4 is 11.6 Å². The summed E-state index contributed by atoms with van der Waals surface area (Å²) < 4.78 is 4.84. The largest absolute Gasteiger partial charge is 0.399 e. The van der Waals surface area contributed by atoms with Crippen LogP contribution in [0.25, 0.3) is 0 Å². The van der Waals surface area contributed by atoms with Gasteiger partial charge in [0.2, 0.25) is 5.06 Å². The van der Waals surface area contributed by atoms with Gasteiger partial charge in [0.25, 0.3) is 6.04 Å². The van der Waals surface area contributed by atoms with Crippen molar-refractivity contribution in [3.8, 4) is 0 Å². The number of allylic oxidation sites excluding steroid dienone is 1. The number of alkyl halides is 1. The Morgan fingerprint density at radius 2 is 2.46 bits per heavy atom. The number of ether oxygens (including phenoxy) is 1. The van der Waals surface area contributed by atoms with Crippen molar-refractivity contribution in [2.24, 2.45) is 5.73 Å². The van der Waals surface area contributed by atoms with Crippen molar-refractivity contribution in [1.29, 1.82) is 0 Å². The van der Waals surface area contributed by atoms with E-state index < -0.39 is 16.0 Å². The summed E-state index contributed by atoms with van der Waals surface area (Å²) in [4.78, 5) is 10.0.